The smallest absolute Gasteiger partial charge is 0.255 e. The van der Waals surface area contributed by atoms with Crippen molar-refractivity contribution in [3.8, 4) is 0 Å². The van der Waals surface area contributed by atoms with Crippen molar-refractivity contribution in [2.75, 3.05) is 13.2 Å². The van der Waals surface area contributed by atoms with Crippen molar-refractivity contribution in [1.29, 1.82) is 0 Å². The van der Waals surface area contributed by atoms with Gasteiger partial charge in [-0.2, -0.15) is 0 Å². The van der Waals surface area contributed by atoms with E-state index >= 15 is 0 Å². The van der Waals surface area contributed by atoms with E-state index in [4.69, 9.17) is 4.74 Å². The van der Waals surface area contributed by atoms with Crippen LogP contribution < -0.4 is 10.6 Å². The van der Waals surface area contributed by atoms with Crippen LogP contribution in [0.3, 0.4) is 0 Å². The van der Waals surface area contributed by atoms with E-state index < -0.39 is 6.04 Å². The Labute approximate surface area is 191 Å². The molecule has 1 aromatic rings. The molecule has 2 amide bonds. The number of fused-ring (bicyclic) bond motifs is 1. The lowest BCUT2D eigenvalue weighted by molar-refractivity contribution is -0.126. The highest BCUT2D eigenvalue weighted by Crippen LogP contribution is 2.32. The molecule has 1 aliphatic carbocycles. The van der Waals surface area contributed by atoms with Crippen molar-refractivity contribution in [3.05, 3.63) is 47.2 Å². The van der Waals surface area contributed by atoms with Crippen LogP contribution in [-0.2, 0) is 22.5 Å². The molecule has 0 spiro atoms. The Hall–Kier alpha value is -2.18. The number of amides is 2. The van der Waals surface area contributed by atoms with Gasteiger partial charge in [-0.05, 0) is 69.1 Å². The Morgan fingerprint density at radius 3 is 2.84 bits per heavy atom. The predicted octanol–water partition coefficient (Wildman–Crippen LogP) is 3.55. The number of rotatable bonds is 8. The molecule has 1 aromatic carbocycles. The third-order valence-electron chi connectivity index (χ3n) is 7.18. The van der Waals surface area contributed by atoms with Crippen LogP contribution in [0.1, 0.15) is 73.9 Å². The molecule has 32 heavy (non-hydrogen) atoms. The van der Waals surface area contributed by atoms with Crippen LogP contribution in [-0.4, -0.2) is 48.1 Å². The molecule has 2 heterocycles. The van der Waals surface area contributed by atoms with E-state index in [0.29, 0.717) is 31.0 Å². The van der Waals surface area contributed by atoms with Gasteiger partial charge in [0.25, 0.3) is 5.91 Å². The molecular formula is C26H37N3O3. The second-order valence-electron chi connectivity index (χ2n) is 9.65. The Bertz CT molecular complexity index is 868. The van der Waals surface area contributed by atoms with Gasteiger partial charge in [-0.15, -0.1) is 0 Å². The first-order chi connectivity index (χ1) is 15.5. The van der Waals surface area contributed by atoms with E-state index in [-0.39, 0.29) is 11.8 Å². The third kappa shape index (κ3) is 5.07. The van der Waals surface area contributed by atoms with Crippen molar-refractivity contribution >= 4 is 11.8 Å². The van der Waals surface area contributed by atoms with Crippen LogP contribution in [0.25, 0.3) is 0 Å². The molecule has 2 fully saturated rings. The minimum absolute atomic E-state index is 0.0267. The number of piperidine rings is 1. The normalized spacial score (nSPS) is 26.8. The monoisotopic (exact) mass is 439 g/mol. The fourth-order valence-electron chi connectivity index (χ4n) is 5.52. The zero-order valence-corrected chi connectivity index (χ0v) is 19.5. The Morgan fingerprint density at radius 1 is 1.25 bits per heavy atom. The summed E-state index contributed by atoms with van der Waals surface area (Å²) in [6.07, 6.45) is 7.38. The molecule has 4 rings (SSSR count). The number of nitrogens with one attached hydrogen (secondary N) is 2. The van der Waals surface area contributed by atoms with Gasteiger partial charge in [-0.25, -0.2) is 0 Å². The van der Waals surface area contributed by atoms with Crippen LogP contribution in [0.15, 0.2) is 30.5 Å². The molecule has 2 N–H and O–H groups in total. The molecule has 1 saturated carbocycles. The Morgan fingerprint density at radius 2 is 2.06 bits per heavy atom. The maximum Gasteiger partial charge on any atom is 0.255 e. The molecule has 174 valence electrons. The predicted molar refractivity (Wildman–Crippen MR) is 125 cm³/mol. The van der Waals surface area contributed by atoms with Gasteiger partial charge in [0, 0.05) is 36.5 Å². The second-order valence-corrected chi connectivity index (χ2v) is 9.65. The molecule has 0 aromatic heterocycles. The summed E-state index contributed by atoms with van der Waals surface area (Å²) in [4.78, 5) is 27.1. The van der Waals surface area contributed by atoms with Gasteiger partial charge < -0.3 is 20.3 Å². The van der Waals surface area contributed by atoms with Gasteiger partial charge in [0.05, 0.1) is 6.61 Å². The molecular weight excluding hydrogens is 402 g/mol. The summed E-state index contributed by atoms with van der Waals surface area (Å²) in [6, 6.07) is 6.73. The zero-order valence-electron chi connectivity index (χ0n) is 19.5. The highest BCUT2D eigenvalue weighted by Gasteiger charge is 2.38. The first-order valence-electron chi connectivity index (χ1n) is 12.2. The van der Waals surface area contributed by atoms with Gasteiger partial charge >= 0.3 is 0 Å². The molecule has 2 unspecified atom stereocenters. The van der Waals surface area contributed by atoms with Crippen LogP contribution in [0.2, 0.25) is 0 Å². The lowest BCUT2D eigenvalue weighted by atomic mass is 9.80. The van der Waals surface area contributed by atoms with E-state index in [9.17, 15) is 9.59 Å². The van der Waals surface area contributed by atoms with Gasteiger partial charge in [0.1, 0.15) is 6.04 Å². The van der Waals surface area contributed by atoms with E-state index in [1.54, 1.807) is 4.90 Å². The van der Waals surface area contributed by atoms with E-state index in [2.05, 4.69) is 36.3 Å². The number of carbonyl (C=O) groups is 2. The molecule has 4 atom stereocenters. The summed E-state index contributed by atoms with van der Waals surface area (Å²) in [7, 11) is 0. The minimum Gasteiger partial charge on any atom is -0.380 e. The lowest BCUT2D eigenvalue weighted by Gasteiger charge is -2.34. The fourth-order valence-corrected chi connectivity index (χ4v) is 5.52. The summed E-state index contributed by atoms with van der Waals surface area (Å²) in [5, 5.41) is 6.61. The van der Waals surface area contributed by atoms with Crippen molar-refractivity contribution in [2.45, 2.75) is 83.5 Å². The standard InChI is InChI=1S/C26H37N3O3/c1-4-32-16-18(3)27-23-8-6-5-7-20(23)13-19-10-11-22-21(14-19)15-29(26(22)31)24-12-9-17(2)28-25(24)30/h10-11,14,18,20,23-24,27H,2,4-9,12-13,15-16H2,1,3H3,(H,28,30)/t18?,20-,23+,24?/m1/s1. The first kappa shape index (κ1) is 23.0. The van der Waals surface area contributed by atoms with Crippen molar-refractivity contribution < 1.29 is 14.3 Å². The molecule has 2 aliphatic heterocycles. The van der Waals surface area contributed by atoms with Gasteiger partial charge in [-0.1, -0.05) is 31.6 Å². The number of benzene rings is 1. The Kier molecular flexibility index (Phi) is 7.31. The summed E-state index contributed by atoms with van der Waals surface area (Å²) >= 11 is 0. The van der Waals surface area contributed by atoms with Crippen LogP contribution in [0.5, 0.6) is 0 Å². The topological polar surface area (TPSA) is 70.7 Å². The molecule has 6 heteroatoms. The van der Waals surface area contributed by atoms with Crippen LogP contribution in [0, 0.1) is 5.92 Å². The summed E-state index contributed by atoms with van der Waals surface area (Å²) in [5.74, 6) is 0.454. The van der Waals surface area contributed by atoms with E-state index in [1.807, 2.05) is 13.0 Å². The number of carbonyl (C=O) groups excluding carboxylic acids is 2. The van der Waals surface area contributed by atoms with Gasteiger partial charge in [0.15, 0.2) is 0 Å². The van der Waals surface area contributed by atoms with Gasteiger partial charge in [-0.3, -0.25) is 9.59 Å². The second kappa shape index (κ2) is 10.2. The van der Waals surface area contributed by atoms with E-state index in [0.717, 1.165) is 42.9 Å². The molecule has 0 radical (unpaired) electrons. The number of hydrogen-bond donors (Lipinski definition) is 2. The molecule has 6 nitrogen and oxygen atoms in total. The summed E-state index contributed by atoms with van der Waals surface area (Å²) in [5.41, 5.74) is 3.82. The average molecular weight is 440 g/mol. The molecule has 0 bridgehead atoms. The third-order valence-corrected chi connectivity index (χ3v) is 7.18. The summed E-state index contributed by atoms with van der Waals surface area (Å²) < 4.78 is 5.59. The zero-order chi connectivity index (χ0) is 22.7. The van der Waals surface area contributed by atoms with Crippen molar-refractivity contribution in [3.63, 3.8) is 0 Å². The summed E-state index contributed by atoms with van der Waals surface area (Å²) in [6.45, 7) is 10.1. The highest BCUT2D eigenvalue weighted by molar-refractivity contribution is 6.01. The lowest BCUT2D eigenvalue weighted by Crippen LogP contribution is -2.49. The van der Waals surface area contributed by atoms with Crippen LogP contribution in [0.4, 0.5) is 0 Å². The largest absolute Gasteiger partial charge is 0.380 e. The number of hydrogen-bond acceptors (Lipinski definition) is 4. The average Bonchev–Trinajstić information content (AvgIpc) is 3.09. The van der Waals surface area contributed by atoms with Crippen LogP contribution >= 0.6 is 0 Å². The SMILES string of the molecule is C=C1CCC(N2Cc3cc(C[C@H]4CCCC[C@@H]4NC(C)COCC)ccc3C2=O)C(=O)N1. The van der Waals surface area contributed by atoms with Gasteiger partial charge in [0.2, 0.25) is 5.91 Å². The van der Waals surface area contributed by atoms with E-state index in [1.165, 1.54) is 31.2 Å². The number of nitrogens with zero attached hydrogens (tertiary/aromatic N) is 1. The van der Waals surface area contributed by atoms with Crippen molar-refractivity contribution in [2.24, 2.45) is 5.92 Å². The van der Waals surface area contributed by atoms with Crippen molar-refractivity contribution in [1.82, 2.24) is 15.5 Å². The molecule has 3 aliphatic rings. The first-order valence-corrected chi connectivity index (χ1v) is 12.2. The number of ether oxygens (including phenoxy) is 1. The fraction of sp³-hybridized carbons (Fsp3) is 0.615. The maximum atomic E-state index is 13.0. The Balaban J connectivity index is 1.42. The maximum absolute atomic E-state index is 13.0. The highest BCUT2D eigenvalue weighted by atomic mass is 16.5. The number of allylic oxidation sites excluding steroid dienone is 1. The minimum atomic E-state index is -0.400. The molecule has 1 saturated heterocycles. The quantitative estimate of drug-likeness (QED) is 0.650.